The number of ether oxygens (including phenoxy) is 4. The van der Waals surface area contributed by atoms with E-state index < -0.39 is 81.1 Å². The third kappa shape index (κ3) is 9.75. The molecule has 2 rings (SSSR count). The number of alkyl halides is 1. The molecule has 1 aromatic heterocycles. The molecule has 1 fully saturated rings. The van der Waals surface area contributed by atoms with Gasteiger partial charge in [-0.1, -0.05) is 0 Å². The third-order valence-corrected chi connectivity index (χ3v) is 7.09. The maximum Gasteiger partial charge on any atom is 0.510 e. The Hall–Kier alpha value is -2.43. The molecule has 0 spiro atoms. The lowest BCUT2D eigenvalue weighted by molar-refractivity contribution is -0.0464. The summed E-state index contributed by atoms with van der Waals surface area (Å²) in [7, 11) is -4.62. The summed E-state index contributed by atoms with van der Waals surface area (Å²) < 4.78 is 62.4. The highest BCUT2D eigenvalue weighted by Crippen LogP contribution is 2.52. The number of nitrogen functional groups attached to an aromatic ring is 1. The minimum Gasteiger partial charge on any atom is -0.432 e. The molecule has 0 amide bonds. The molecule has 0 radical (unpaired) electrons. The maximum absolute atomic E-state index is 14.8. The van der Waals surface area contributed by atoms with E-state index in [1.54, 1.807) is 27.7 Å². The van der Waals surface area contributed by atoms with E-state index in [2.05, 4.69) is 14.5 Å². The van der Waals surface area contributed by atoms with Crippen LogP contribution < -0.4 is 11.4 Å². The number of halogens is 1. The fourth-order valence-electron chi connectivity index (χ4n) is 2.69. The van der Waals surface area contributed by atoms with Gasteiger partial charge < -0.3 is 29.8 Å². The van der Waals surface area contributed by atoms with Crippen LogP contribution in [-0.4, -0.2) is 76.9 Å². The van der Waals surface area contributed by atoms with Gasteiger partial charge in [-0.15, -0.1) is 11.8 Å². The number of aromatic nitrogens is 2. The molecule has 3 N–H and O–H groups in total. The normalized spacial score (nSPS) is 21.7. The number of hydrogen-bond donors (Lipinski definition) is 2. The lowest BCUT2D eigenvalue weighted by Gasteiger charge is -2.20. The van der Waals surface area contributed by atoms with Crippen molar-refractivity contribution in [2.45, 2.75) is 62.8 Å². The Balaban J connectivity index is 2.03. The van der Waals surface area contributed by atoms with Crippen LogP contribution in [0.25, 0.3) is 0 Å². The zero-order valence-electron chi connectivity index (χ0n) is 20.4. The van der Waals surface area contributed by atoms with Crippen molar-refractivity contribution in [2.75, 3.05) is 25.9 Å². The maximum atomic E-state index is 14.8. The van der Waals surface area contributed by atoms with E-state index >= 15 is 0 Å². The van der Waals surface area contributed by atoms with Gasteiger partial charge in [0.15, 0.2) is 6.17 Å². The minimum atomic E-state index is -4.62. The van der Waals surface area contributed by atoms with Gasteiger partial charge in [0.05, 0.1) is 24.1 Å². The van der Waals surface area contributed by atoms with Gasteiger partial charge in [0.1, 0.15) is 17.3 Å². The number of aliphatic hydroxyl groups excluding tert-OH is 1. The first kappa shape index (κ1) is 30.8. The number of phosphoric ester groups is 1. The quantitative estimate of drug-likeness (QED) is 0.210. The van der Waals surface area contributed by atoms with E-state index in [9.17, 15) is 28.4 Å². The lowest BCUT2D eigenvalue weighted by atomic mass is 10.1. The van der Waals surface area contributed by atoms with Gasteiger partial charge in [-0.25, -0.2) is 32.4 Å². The molecule has 1 aliphatic heterocycles. The predicted molar refractivity (Wildman–Crippen MR) is 125 cm³/mol. The second-order valence-corrected chi connectivity index (χ2v) is 10.9. The number of nitrogens with two attached hydrogens (primary N) is 1. The number of carbonyl (C=O) groups excluding carboxylic acids is 2. The number of nitrogens with zero attached hydrogens (tertiary/aromatic N) is 2. The number of thioether (sulfide) groups is 1. The van der Waals surface area contributed by atoms with Crippen molar-refractivity contribution in [3.05, 3.63) is 22.7 Å². The second-order valence-electron chi connectivity index (χ2n) is 7.90. The van der Waals surface area contributed by atoms with Crippen molar-refractivity contribution in [1.82, 2.24) is 9.55 Å². The SMILES string of the molecule is CC(C)OC(=O)OCOP(=O)(OCOC(=O)OC(C)C)OC[C@H]1S[C@@H](n2ccc(N)nc2=O)[C@@H](F)[C@@H]1O. The standard InChI is InChI=1S/C19H29FN3O12PS/c1-10(2)34-18(26)29-8-32-36(28,33-9-30-19(27)35-11(3)4)31-7-12-15(24)14(20)16(37-12)23-6-5-13(21)22-17(23)25/h5-6,10-12,14-16,24H,7-9H2,1-4H3,(H2,21,22,25)/t12-,14+,15-,16-/m1/s1. The summed E-state index contributed by atoms with van der Waals surface area (Å²) in [5, 5.41) is 8.08. The van der Waals surface area contributed by atoms with Crippen molar-refractivity contribution in [1.29, 1.82) is 0 Å². The van der Waals surface area contributed by atoms with E-state index in [-0.39, 0.29) is 5.82 Å². The van der Waals surface area contributed by atoms with Crippen molar-refractivity contribution in [3.63, 3.8) is 0 Å². The monoisotopic (exact) mass is 573 g/mol. The first-order valence-corrected chi connectivity index (χ1v) is 13.2. The summed E-state index contributed by atoms with van der Waals surface area (Å²) in [5.74, 6) is -0.0608. The molecule has 0 bridgehead atoms. The second kappa shape index (κ2) is 13.9. The van der Waals surface area contributed by atoms with Gasteiger partial charge in [-0.3, -0.25) is 9.09 Å². The molecule has 0 aliphatic carbocycles. The van der Waals surface area contributed by atoms with Crippen LogP contribution in [0.2, 0.25) is 0 Å². The highest BCUT2D eigenvalue weighted by atomic mass is 32.2. The average Bonchev–Trinajstić information content (AvgIpc) is 3.05. The Kier molecular flexibility index (Phi) is 11.6. The van der Waals surface area contributed by atoms with Crippen LogP contribution >= 0.6 is 19.6 Å². The van der Waals surface area contributed by atoms with E-state index in [1.807, 2.05) is 0 Å². The number of anilines is 1. The Morgan fingerprint density at radius 2 is 1.68 bits per heavy atom. The molecule has 0 saturated carbocycles. The molecule has 4 atom stereocenters. The Labute approximate surface area is 215 Å². The zero-order valence-corrected chi connectivity index (χ0v) is 22.1. The number of rotatable bonds is 12. The minimum absolute atomic E-state index is 0.0608. The Bertz CT molecular complexity index is 996. The molecule has 210 valence electrons. The van der Waals surface area contributed by atoms with E-state index in [1.165, 1.54) is 12.3 Å². The fourth-order valence-corrected chi connectivity index (χ4v) is 5.14. The molecule has 2 heterocycles. The summed E-state index contributed by atoms with van der Waals surface area (Å²) in [6.07, 6.45) is -5.62. The fraction of sp³-hybridized carbons (Fsp3) is 0.684. The molecule has 18 heteroatoms. The van der Waals surface area contributed by atoms with Crippen molar-refractivity contribution in [3.8, 4) is 0 Å². The number of phosphoric acid groups is 1. The van der Waals surface area contributed by atoms with Crippen molar-refractivity contribution in [2.24, 2.45) is 0 Å². The topological polar surface area (TPSA) is 197 Å². The van der Waals surface area contributed by atoms with Crippen LogP contribution in [0, 0.1) is 0 Å². The first-order valence-electron chi connectivity index (χ1n) is 10.8. The summed E-state index contributed by atoms with van der Waals surface area (Å²) in [4.78, 5) is 38.6. The number of aliphatic hydroxyl groups is 1. The molecule has 0 unspecified atom stereocenters. The predicted octanol–water partition coefficient (Wildman–Crippen LogP) is 2.33. The molecule has 1 saturated heterocycles. The molecule has 37 heavy (non-hydrogen) atoms. The highest BCUT2D eigenvalue weighted by Gasteiger charge is 2.46. The van der Waals surface area contributed by atoms with Gasteiger partial charge in [0.2, 0.25) is 13.6 Å². The number of hydrogen-bond acceptors (Lipinski definition) is 15. The molecule has 15 nitrogen and oxygen atoms in total. The van der Waals surface area contributed by atoms with Crippen molar-refractivity contribution >= 4 is 37.7 Å². The van der Waals surface area contributed by atoms with Gasteiger partial charge in [-0.2, -0.15) is 4.98 Å². The van der Waals surface area contributed by atoms with Crippen LogP contribution in [0.5, 0.6) is 0 Å². The van der Waals surface area contributed by atoms with Crippen LogP contribution in [0.4, 0.5) is 19.8 Å². The lowest BCUT2D eigenvalue weighted by Crippen LogP contribution is -2.33. The van der Waals surface area contributed by atoms with Gasteiger partial charge in [-0.05, 0) is 33.8 Å². The average molecular weight is 573 g/mol. The Morgan fingerprint density at radius 3 is 2.16 bits per heavy atom. The molecule has 1 aliphatic rings. The summed E-state index contributed by atoms with van der Waals surface area (Å²) in [6.45, 7) is 3.77. The molecule has 0 aromatic carbocycles. The third-order valence-electron chi connectivity index (χ3n) is 4.26. The van der Waals surface area contributed by atoms with Gasteiger partial charge in [0.25, 0.3) is 0 Å². The first-order chi connectivity index (χ1) is 17.3. The van der Waals surface area contributed by atoms with E-state index in [4.69, 9.17) is 28.8 Å². The molecular weight excluding hydrogens is 544 g/mol. The van der Waals surface area contributed by atoms with Crippen molar-refractivity contribution < 1.29 is 56.2 Å². The van der Waals surface area contributed by atoms with Crippen LogP contribution in [0.15, 0.2) is 17.1 Å². The van der Waals surface area contributed by atoms with Crippen LogP contribution in [0.1, 0.15) is 33.1 Å². The van der Waals surface area contributed by atoms with Gasteiger partial charge in [0, 0.05) is 6.20 Å². The zero-order chi connectivity index (χ0) is 27.8. The van der Waals surface area contributed by atoms with E-state index in [0.29, 0.717) is 0 Å². The van der Waals surface area contributed by atoms with Crippen LogP contribution in [-0.2, 0) is 37.1 Å². The van der Waals surface area contributed by atoms with Gasteiger partial charge >= 0.3 is 25.8 Å². The molecular formula is C19H29FN3O12PS. The summed E-state index contributed by atoms with van der Waals surface area (Å²) >= 11 is 0.801. The molecule has 1 aromatic rings. The highest BCUT2D eigenvalue weighted by molar-refractivity contribution is 8.00. The van der Waals surface area contributed by atoms with E-state index in [0.717, 1.165) is 16.3 Å². The van der Waals surface area contributed by atoms with Crippen LogP contribution in [0.3, 0.4) is 0 Å². The summed E-state index contributed by atoms with van der Waals surface area (Å²) in [6, 6.07) is 1.29. The number of carbonyl (C=O) groups is 2. The smallest absolute Gasteiger partial charge is 0.432 e. The summed E-state index contributed by atoms with van der Waals surface area (Å²) in [5.41, 5.74) is 4.61. The Morgan fingerprint density at radius 1 is 1.14 bits per heavy atom. The largest absolute Gasteiger partial charge is 0.510 e.